The smallest absolute Gasteiger partial charge is 0.387 e. The van der Waals surface area contributed by atoms with E-state index in [2.05, 4.69) is 55.6 Å². The molecule has 0 bridgehead atoms. The van der Waals surface area contributed by atoms with Gasteiger partial charge >= 0.3 is 7.82 Å². The third-order valence-electron chi connectivity index (χ3n) is 13.3. The van der Waals surface area contributed by atoms with Crippen molar-refractivity contribution in [3.8, 4) is 0 Å². The number of rotatable bonds is 54. The Kier molecular flexibility index (Phi) is 50.2. The van der Waals surface area contributed by atoms with E-state index < -0.39 is 20.0 Å². The first kappa shape index (κ1) is 67.5. The molecule has 9 heteroatoms. The molecule has 0 spiro atoms. The van der Waals surface area contributed by atoms with E-state index in [0.717, 1.165) is 51.4 Å². The van der Waals surface area contributed by atoms with Gasteiger partial charge in [0.05, 0.1) is 39.9 Å². The van der Waals surface area contributed by atoms with Crippen LogP contribution in [0.1, 0.15) is 277 Å². The molecule has 0 saturated heterocycles. The van der Waals surface area contributed by atoms with Crippen molar-refractivity contribution in [1.29, 1.82) is 0 Å². The molecule has 1 amide bonds. The topological polar surface area (TPSA) is 105 Å². The van der Waals surface area contributed by atoms with Crippen LogP contribution in [0.5, 0.6) is 0 Å². The lowest BCUT2D eigenvalue weighted by Gasteiger charge is -2.25. The van der Waals surface area contributed by atoms with E-state index in [4.69, 9.17) is 9.05 Å². The van der Waals surface area contributed by atoms with Gasteiger partial charge < -0.3 is 19.8 Å². The van der Waals surface area contributed by atoms with Crippen LogP contribution in [0.15, 0.2) is 48.6 Å². The molecule has 0 aliphatic rings. The summed E-state index contributed by atoms with van der Waals surface area (Å²) < 4.78 is 23.7. The number of aliphatic hydroxyl groups is 1. The third-order valence-corrected chi connectivity index (χ3v) is 14.3. The maximum atomic E-state index is 13.0. The molecule has 3 atom stereocenters. The molecular formula is C60H116N2O6P+. The van der Waals surface area contributed by atoms with Gasteiger partial charge in [-0.1, -0.05) is 262 Å². The summed E-state index contributed by atoms with van der Waals surface area (Å²) in [5, 5.41) is 13.9. The molecule has 0 aliphatic carbocycles. The first-order valence-corrected chi connectivity index (χ1v) is 31.0. The first-order valence-electron chi connectivity index (χ1n) is 29.5. The van der Waals surface area contributed by atoms with Crippen LogP contribution in [-0.2, 0) is 18.4 Å². The molecule has 0 saturated carbocycles. The monoisotopic (exact) mass is 992 g/mol. The lowest BCUT2D eigenvalue weighted by atomic mass is 10.0. The molecule has 3 unspecified atom stereocenters. The standard InChI is InChI=1S/C60H115N2O6P/c1-6-8-10-12-14-16-18-20-22-24-26-27-28-29-30-31-32-33-34-35-36-38-40-42-44-46-48-50-52-54-60(64)61-58(57-68-69(65,66)67-56-55-62(3,4)5)59(63)53-51-49-47-45-43-41-39-37-25-23-21-19-17-15-13-11-9-7-2/h18,20,24,26,28-29,51,53,58-59,63H,6-17,19,21-23,25,27,30-50,52,54-57H2,1-5H3,(H-,61,64,65,66)/p+1/b20-18-,26-24-,29-28-,53-51+. The highest BCUT2D eigenvalue weighted by Gasteiger charge is 2.27. The molecular weight excluding hydrogens is 876 g/mol. The van der Waals surface area contributed by atoms with Gasteiger partial charge in [0, 0.05) is 6.42 Å². The summed E-state index contributed by atoms with van der Waals surface area (Å²) >= 11 is 0. The number of likely N-dealkylation sites (N-methyl/N-ethyl adjacent to an activating group) is 1. The van der Waals surface area contributed by atoms with Gasteiger partial charge in [-0.2, -0.15) is 0 Å². The van der Waals surface area contributed by atoms with E-state index in [1.54, 1.807) is 6.08 Å². The number of phosphoric ester groups is 1. The normalized spacial score (nSPS) is 14.2. The van der Waals surface area contributed by atoms with E-state index in [0.29, 0.717) is 17.4 Å². The third kappa shape index (κ3) is 54.1. The number of unbranched alkanes of at least 4 members (excludes halogenated alkanes) is 35. The van der Waals surface area contributed by atoms with Gasteiger partial charge in [0.2, 0.25) is 5.91 Å². The molecule has 0 heterocycles. The van der Waals surface area contributed by atoms with Crippen molar-refractivity contribution in [2.45, 2.75) is 289 Å². The van der Waals surface area contributed by atoms with Gasteiger partial charge in [-0.05, 0) is 57.8 Å². The second kappa shape index (κ2) is 51.4. The number of hydrogen-bond acceptors (Lipinski definition) is 5. The molecule has 0 radical (unpaired) electrons. The molecule has 0 aromatic rings. The van der Waals surface area contributed by atoms with E-state index in [1.165, 1.54) is 205 Å². The van der Waals surface area contributed by atoms with Gasteiger partial charge in [-0.3, -0.25) is 13.8 Å². The van der Waals surface area contributed by atoms with E-state index in [-0.39, 0.29) is 19.1 Å². The summed E-state index contributed by atoms with van der Waals surface area (Å²) in [6.45, 7) is 4.83. The summed E-state index contributed by atoms with van der Waals surface area (Å²) in [6.07, 6.45) is 67.8. The molecule has 8 nitrogen and oxygen atoms in total. The van der Waals surface area contributed by atoms with Crippen LogP contribution in [0, 0.1) is 0 Å². The van der Waals surface area contributed by atoms with Gasteiger partial charge in [-0.15, -0.1) is 0 Å². The lowest BCUT2D eigenvalue weighted by molar-refractivity contribution is -0.870. The van der Waals surface area contributed by atoms with Gasteiger partial charge in [-0.25, -0.2) is 4.57 Å². The van der Waals surface area contributed by atoms with Crippen molar-refractivity contribution < 1.29 is 32.9 Å². The number of aliphatic hydroxyl groups excluding tert-OH is 1. The number of nitrogens with one attached hydrogen (secondary N) is 1. The number of hydrogen-bond donors (Lipinski definition) is 3. The Morgan fingerprint density at radius 2 is 0.826 bits per heavy atom. The number of amides is 1. The average molecular weight is 993 g/mol. The second-order valence-electron chi connectivity index (χ2n) is 21.4. The second-order valence-corrected chi connectivity index (χ2v) is 22.8. The zero-order chi connectivity index (χ0) is 50.6. The minimum atomic E-state index is -4.35. The van der Waals surface area contributed by atoms with Crippen LogP contribution < -0.4 is 5.32 Å². The van der Waals surface area contributed by atoms with Gasteiger partial charge in [0.25, 0.3) is 0 Å². The van der Waals surface area contributed by atoms with Crippen LogP contribution in [0.3, 0.4) is 0 Å². The van der Waals surface area contributed by atoms with Crippen molar-refractivity contribution >= 4 is 13.7 Å². The number of allylic oxidation sites excluding steroid dienone is 7. The van der Waals surface area contributed by atoms with Crippen molar-refractivity contribution in [3.63, 3.8) is 0 Å². The van der Waals surface area contributed by atoms with Crippen molar-refractivity contribution in [3.05, 3.63) is 48.6 Å². The maximum absolute atomic E-state index is 13.0. The molecule has 406 valence electrons. The number of quaternary nitrogens is 1. The number of nitrogens with zero attached hydrogens (tertiary/aromatic N) is 1. The van der Waals surface area contributed by atoms with Gasteiger partial charge in [0.15, 0.2) is 0 Å². The largest absolute Gasteiger partial charge is 0.472 e. The SMILES string of the molecule is CCCCCCC/C=C\C/C=C\C/C=C\CCCCCCCCCCCCCCCCC(=O)NC(COP(=O)(O)OCC[N+](C)(C)C)C(O)/C=C/CCCCCCCCCCCCCCCCCC. The van der Waals surface area contributed by atoms with Crippen LogP contribution in [0.25, 0.3) is 0 Å². The fourth-order valence-corrected chi connectivity index (χ4v) is 9.37. The number of phosphoric acid groups is 1. The summed E-state index contributed by atoms with van der Waals surface area (Å²) in [5.41, 5.74) is 0. The Morgan fingerprint density at radius 3 is 1.20 bits per heavy atom. The van der Waals surface area contributed by atoms with Crippen molar-refractivity contribution in [2.75, 3.05) is 40.9 Å². The molecule has 0 aromatic heterocycles. The van der Waals surface area contributed by atoms with Crippen molar-refractivity contribution in [2.24, 2.45) is 0 Å². The molecule has 0 aromatic carbocycles. The molecule has 69 heavy (non-hydrogen) atoms. The zero-order valence-corrected chi connectivity index (χ0v) is 47.2. The van der Waals surface area contributed by atoms with Crippen molar-refractivity contribution in [1.82, 2.24) is 5.32 Å². The summed E-state index contributed by atoms with van der Waals surface area (Å²) in [6, 6.07) is -0.848. The highest BCUT2D eigenvalue weighted by Crippen LogP contribution is 2.43. The Balaban J connectivity index is 4.15. The fourth-order valence-electron chi connectivity index (χ4n) is 8.64. The summed E-state index contributed by atoms with van der Waals surface area (Å²) in [7, 11) is 1.58. The Morgan fingerprint density at radius 1 is 0.493 bits per heavy atom. The Labute approximate surface area is 429 Å². The van der Waals surface area contributed by atoms with Crippen LogP contribution >= 0.6 is 7.82 Å². The number of carbonyl (C=O) groups is 1. The Hall–Kier alpha value is -1.54. The lowest BCUT2D eigenvalue weighted by Crippen LogP contribution is -2.45. The zero-order valence-electron chi connectivity index (χ0n) is 46.3. The predicted molar refractivity (Wildman–Crippen MR) is 300 cm³/mol. The van der Waals surface area contributed by atoms with E-state index in [1.807, 2.05) is 27.2 Å². The average Bonchev–Trinajstić information content (AvgIpc) is 3.31. The minimum Gasteiger partial charge on any atom is -0.387 e. The molecule has 3 N–H and O–H groups in total. The van der Waals surface area contributed by atoms with Crippen LogP contribution in [0.2, 0.25) is 0 Å². The highest BCUT2D eigenvalue weighted by molar-refractivity contribution is 7.47. The Bertz CT molecular complexity index is 1260. The first-order chi connectivity index (χ1) is 33.5. The van der Waals surface area contributed by atoms with Crippen LogP contribution in [-0.4, -0.2) is 73.4 Å². The van der Waals surface area contributed by atoms with E-state index in [9.17, 15) is 19.4 Å². The number of carbonyl (C=O) groups excluding carboxylic acids is 1. The summed E-state index contributed by atoms with van der Waals surface area (Å²) in [5.74, 6) is -0.176. The molecule has 0 aliphatic heterocycles. The fraction of sp³-hybridized carbons (Fsp3) is 0.850. The summed E-state index contributed by atoms with van der Waals surface area (Å²) in [4.78, 5) is 23.3. The quantitative estimate of drug-likeness (QED) is 0.0243. The minimum absolute atomic E-state index is 0.0614. The van der Waals surface area contributed by atoms with E-state index >= 15 is 0 Å². The highest BCUT2D eigenvalue weighted by atomic mass is 31.2. The molecule has 0 fully saturated rings. The van der Waals surface area contributed by atoms with Crippen LogP contribution in [0.4, 0.5) is 0 Å². The van der Waals surface area contributed by atoms with Gasteiger partial charge in [0.1, 0.15) is 13.2 Å². The maximum Gasteiger partial charge on any atom is 0.472 e. The predicted octanol–water partition coefficient (Wildman–Crippen LogP) is 17.9. The molecule has 0 rings (SSSR count).